The van der Waals surface area contributed by atoms with Crippen LogP contribution in [0.15, 0.2) is 0 Å². The summed E-state index contributed by atoms with van der Waals surface area (Å²) in [6, 6.07) is 0. The van der Waals surface area contributed by atoms with Crippen molar-refractivity contribution in [1.29, 1.82) is 0 Å². The zero-order chi connectivity index (χ0) is 9.90. The Morgan fingerprint density at radius 1 is 1.15 bits per heavy atom. The van der Waals surface area contributed by atoms with Crippen LogP contribution in [-0.4, -0.2) is 24.0 Å². The van der Waals surface area contributed by atoms with Crippen LogP contribution in [0.25, 0.3) is 0 Å². The van der Waals surface area contributed by atoms with Gasteiger partial charge in [-0.25, -0.2) is 0 Å². The smallest absolute Gasteiger partial charge is 0.274 e. The van der Waals surface area contributed by atoms with Crippen LogP contribution in [0.3, 0.4) is 0 Å². The van der Waals surface area contributed by atoms with Gasteiger partial charge in [0.1, 0.15) is 5.25 Å². The normalized spacial score (nSPS) is 26.5. The first-order valence-electron chi connectivity index (χ1n) is 4.51. The summed E-state index contributed by atoms with van der Waals surface area (Å²) in [5.74, 6) is -0.331. The largest absolute Gasteiger partial charge is 0.298 e. The quantitative estimate of drug-likeness (QED) is 0.653. The standard InChI is InChI=1S/C8H14O4S/c9-7-5-3-1-2-4-6-8(7)13(10,11)12/h8H,1-6H2,(H,10,11,12)/t8-/m1/s1. The zero-order valence-corrected chi connectivity index (χ0v) is 8.22. The van der Waals surface area contributed by atoms with E-state index in [9.17, 15) is 13.2 Å². The van der Waals surface area contributed by atoms with Crippen LogP contribution >= 0.6 is 0 Å². The van der Waals surface area contributed by atoms with Gasteiger partial charge in [0.15, 0.2) is 5.78 Å². The molecule has 76 valence electrons. The maximum atomic E-state index is 11.3. The van der Waals surface area contributed by atoms with Gasteiger partial charge in [-0.05, 0) is 12.8 Å². The Kier molecular flexibility index (Phi) is 3.44. The number of hydrogen-bond acceptors (Lipinski definition) is 3. The van der Waals surface area contributed by atoms with Gasteiger partial charge in [0.2, 0.25) is 0 Å². The molecule has 0 aromatic rings. The molecule has 0 radical (unpaired) electrons. The molecule has 0 saturated heterocycles. The average Bonchev–Trinajstić information content (AvgIpc) is 1.94. The second-order valence-corrected chi connectivity index (χ2v) is 5.02. The van der Waals surface area contributed by atoms with Crippen LogP contribution in [0.5, 0.6) is 0 Å². The van der Waals surface area contributed by atoms with E-state index in [1.807, 2.05) is 0 Å². The van der Waals surface area contributed by atoms with E-state index in [-0.39, 0.29) is 18.6 Å². The summed E-state index contributed by atoms with van der Waals surface area (Å²) in [4.78, 5) is 11.3. The second-order valence-electron chi connectivity index (χ2n) is 3.42. The molecular formula is C8H14O4S. The van der Waals surface area contributed by atoms with Crippen molar-refractivity contribution in [3.63, 3.8) is 0 Å². The SMILES string of the molecule is O=C1CCCCCC[C@H]1S(=O)(=O)O. The van der Waals surface area contributed by atoms with E-state index in [1.54, 1.807) is 0 Å². The predicted octanol–water partition coefficient (Wildman–Crippen LogP) is 1.17. The zero-order valence-electron chi connectivity index (χ0n) is 7.40. The molecule has 0 spiro atoms. The van der Waals surface area contributed by atoms with Gasteiger partial charge in [-0.2, -0.15) is 8.42 Å². The fourth-order valence-electron chi connectivity index (χ4n) is 1.62. The summed E-state index contributed by atoms with van der Waals surface area (Å²) in [6.07, 6.45) is 3.92. The third kappa shape index (κ3) is 3.08. The molecule has 5 heteroatoms. The molecule has 1 aliphatic rings. The summed E-state index contributed by atoms with van der Waals surface area (Å²) in [6.45, 7) is 0. The lowest BCUT2D eigenvalue weighted by atomic mass is 9.99. The van der Waals surface area contributed by atoms with Crippen molar-refractivity contribution in [2.75, 3.05) is 0 Å². The molecule has 0 bridgehead atoms. The Morgan fingerprint density at radius 3 is 2.38 bits per heavy atom. The number of carbonyl (C=O) groups is 1. The van der Waals surface area contributed by atoms with Crippen molar-refractivity contribution in [2.24, 2.45) is 0 Å². The first-order valence-corrected chi connectivity index (χ1v) is 6.01. The van der Waals surface area contributed by atoms with Gasteiger partial charge in [-0.3, -0.25) is 9.35 Å². The Morgan fingerprint density at radius 2 is 1.77 bits per heavy atom. The summed E-state index contributed by atoms with van der Waals surface area (Å²) in [5.41, 5.74) is 0. The molecule has 0 aromatic heterocycles. The number of rotatable bonds is 1. The molecule has 1 atom stereocenters. The third-order valence-corrected chi connectivity index (χ3v) is 3.58. The fourth-order valence-corrected chi connectivity index (χ4v) is 2.53. The van der Waals surface area contributed by atoms with Gasteiger partial charge in [0.25, 0.3) is 10.1 Å². The van der Waals surface area contributed by atoms with Crippen molar-refractivity contribution in [1.82, 2.24) is 0 Å². The number of ketones is 1. The maximum Gasteiger partial charge on any atom is 0.274 e. The van der Waals surface area contributed by atoms with E-state index in [2.05, 4.69) is 0 Å². The highest BCUT2D eigenvalue weighted by atomic mass is 32.2. The van der Waals surface area contributed by atoms with E-state index in [0.717, 1.165) is 19.3 Å². The lowest BCUT2D eigenvalue weighted by molar-refractivity contribution is -0.119. The lowest BCUT2D eigenvalue weighted by Crippen LogP contribution is -2.30. The Hall–Kier alpha value is -0.420. The predicted molar refractivity (Wildman–Crippen MR) is 48.0 cm³/mol. The van der Waals surface area contributed by atoms with Gasteiger partial charge >= 0.3 is 0 Å². The third-order valence-electron chi connectivity index (χ3n) is 2.36. The summed E-state index contributed by atoms with van der Waals surface area (Å²) in [5, 5.41) is -1.16. The number of carbonyl (C=O) groups excluding carboxylic acids is 1. The van der Waals surface area contributed by atoms with Crippen LogP contribution in [0.2, 0.25) is 0 Å². The Bertz CT molecular complexity index is 281. The summed E-state index contributed by atoms with van der Waals surface area (Å²) < 4.78 is 30.4. The molecule has 4 nitrogen and oxygen atoms in total. The van der Waals surface area contributed by atoms with Gasteiger partial charge in [0.05, 0.1) is 0 Å². The molecule has 1 N–H and O–H groups in total. The van der Waals surface area contributed by atoms with Crippen LogP contribution in [-0.2, 0) is 14.9 Å². The molecular weight excluding hydrogens is 192 g/mol. The van der Waals surface area contributed by atoms with Crippen molar-refractivity contribution in [3.8, 4) is 0 Å². The summed E-state index contributed by atoms with van der Waals surface area (Å²) >= 11 is 0. The molecule has 0 amide bonds. The highest BCUT2D eigenvalue weighted by Gasteiger charge is 2.30. The highest BCUT2D eigenvalue weighted by Crippen LogP contribution is 2.19. The van der Waals surface area contributed by atoms with Gasteiger partial charge in [-0.1, -0.05) is 19.3 Å². The molecule has 1 fully saturated rings. The van der Waals surface area contributed by atoms with Crippen molar-refractivity contribution < 1.29 is 17.8 Å². The summed E-state index contributed by atoms with van der Waals surface area (Å²) in [7, 11) is -4.16. The average molecular weight is 206 g/mol. The number of Topliss-reactive ketones (excluding diaryl/α,β-unsaturated/α-hetero) is 1. The molecule has 13 heavy (non-hydrogen) atoms. The number of hydrogen-bond donors (Lipinski definition) is 1. The van der Waals surface area contributed by atoms with E-state index in [4.69, 9.17) is 4.55 Å². The van der Waals surface area contributed by atoms with Crippen LogP contribution in [0.1, 0.15) is 38.5 Å². The van der Waals surface area contributed by atoms with Gasteiger partial charge in [0, 0.05) is 6.42 Å². The van der Waals surface area contributed by atoms with Crippen LogP contribution < -0.4 is 0 Å². The maximum absolute atomic E-state index is 11.3. The lowest BCUT2D eigenvalue weighted by Gasteiger charge is -2.15. The Balaban J connectivity index is 2.74. The van der Waals surface area contributed by atoms with Crippen molar-refractivity contribution >= 4 is 15.9 Å². The first kappa shape index (κ1) is 10.7. The fraction of sp³-hybridized carbons (Fsp3) is 0.875. The van der Waals surface area contributed by atoms with Crippen LogP contribution in [0, 0.1) is 0 Å². The monoisotopic (exact) mass is 206 g/mol. The molecule has 1 saturated carbocycles. The molecule has 1 rings (SSSR count). The van der Waals surface area contributed by atoms with Crippen molar-refractivity contribution in [2.45, 2.75) is 43.8 Å². The molecule has 0 unspecified atom stereocenters. The second kappa shape index (κ2) is 4.19. The van der Waals surface area contributed by atoms with Crippen molar-refractivity contribution in [3.05, 3.63) is 0 Å². The van der Waals surface area contributed by atoms with E-state index < -0.39 is 15.4 Å². The minimum Gasteiger partial charge on any atom is -0.298 e. The van der Waals surface area contributed by atoms with Crippen LogP contribution in [0.4, 0.5) is 0 Å². The minimum atomic E-state index is -4.16. The molecule has 1 aliphatic carbocycles. The van der Waals surface area contributed by atoms with E-state index >= 15 is 0 Å². The van der Waals surface area contributed by atoms with Gasteiger partial charge in [-0.15, -0.1) is 0 Å². The van der Waals surface area contributed by atoms with Gasteiger partial charge < -0.3 is 0 Å². The van der Waals surface area contributed by atoms with E-state index in [1.165, 1.54) is 0 Å². The van der Waals surface area contributed by atoms with E-state index in [0.29, 0.717) is 6.42 Å². The first-order chi connectivity index (χ1) is 6.02. The molecule has 0 heterocycles. The Labute approximate surface area is 78.1 Å². The highest BCUT2D eigenvalue weighted by molar-refractivity contribution is 7.87. The molecule has 0 aliphatic heterocycles. The minimum absolute atomic E-state index is 0.275. The topological polar surface area (TPSA) is 71.4 Å². The molecule has 0 aromatic carbocycles.